The van der Waals surface area contributed by atoms with Gasteiger partial charge in [-0.25, -0.2) is 0 Å². The number of rotatable bonds is 5. The van der Waals surface area contributed by atoms with E-state index >= 15 is 0 Å². The third-order valence-electron chi connectivity index (χ3n) is 5.22. The summed E-state index contributed by atoms with van der Waals surface area (Å²) in [7, 11) is 0. The van der Waals surface area contributed by atoms with Crippen molar-refractivity contribution in [1.82, 2.24) is 0 Å². The van der Waals surface area contributed by atoms with Crippen molar-refractivity contribution in [2.24, 2.45) is 0 Å². The van der Waals surface area contributed by atoms with Crippen molar-refractivity contribution in [2.75, 3.05) is 5.32 Å². The maximum absolute atomic E-state index is 11.4. The molecule has 0 saturated carbocycles. The van der Waals surface area contributed by atoms with Gasteiger partial charge in [-0.2, -0.15) is 0 Å². The van der Waals surface area contributed by atoms with Crippen LogP contribution in [0.3, 0.4) is 0 Å². The quantitative estimate of drug-likeness (QED) is 0.620. The van der Waals surface area contributed by atoms with Gasteiger partial charge in [0, 0.05) is 24.6 Å². The fourth-order valence-electron chi connectivity index (χ4n) is 4.10. The molecule has 29 heavy (non-hydrogen) atoms. The minimum atomic E-state index is -0.759. The number of carbonyl (C=O) groups is 1. The highest BCUT2D eigenvalue weighted by Crippen LogP contribution is 2.47. The molecule has 0 fully saturated rings. The van der Waals surface area contributed by atoms with Crippen LogP contribution in [0, 0.1) is 0 Å². The van der Waals surface area contributed by atoms with Crippen LogP contribution in [0.4, 0.5) is 5.69 Å². The zero-order valence-corrected chi connectivity index (χ0v) is 16.7. The van der Waals surface area contributed by atoms with Crippen LogP contribution < -0.4 is 5.32 Å². The number of benzene rings is 3. The third kappa shape index (κ3) is 3.76. The molecule has 1 heterocycles. The van der Waals surface area contributed by atoms with Crippen LogP contribution in [-0.4, -0.2) is 18.3 Å². The van der Waals surface area contributed by atoms with Gasteiger partial charge < -0.3 is 14.8 Å². The van der Waals surface area contributed by atoms with E-state index in [1.54, 1.807) is 0 Å². The Bertz CT molecular complexity index is 932. The van der Waals surface area contributed by atoms with Crippen LogP contribution in [0.5, 0.6) is 0 Å². The number of esters is 1. The third-order valence-corrected chi connectivity index (χ3v) is 5.22. The Hall–Kier alpha value is -3.11. The van der Waals surface area contributed by atoms with Crippen molar-refractivity contribution in [1.29, 1.82) is 0 Å². The molecular weight excluding hydrogens is 362 g/mol. The molecular formula is C25H25NO3. The molecule has 0 aromatic heterocycles. The Kier molecular flexibility index (Phi) is 5.36. The maximum atomic E-state index is 11.4. The molecule has 0 unspecified atom stereocenters. The summed E-state index contributed by atoms with van der Waals surface area (Å²) in [4.78, 5) is 11.4. The lowest BCUT2D eigenvalue weighted by molar-refractivity contribution is -0.148. The zero-order chi connectivity index (χ0) is 20.3. The number of nitrogens with one attached hydrogen (secondary N) is 1. The SMILES string of the molecule is CC(=O)O[C@@H](C)C[C@H]1Nc2ccccc2C(c2ccccc2)(c2ccccc2)O1. The van der Waals surface area contributed by atoms with E-state index in [9.17, 15) is 4.79 Å². The van der Waals surface area contributed by atoms with E-state index in [1.807, 2.05) is 55.5 Å². The fraction of sp³-hybridized carbons (Fsp3) is 0.240. The molecule has 0 spiro atoms. The molecule has 0 aliphatic carbocycles. The van der Waals surface area contributed by atoms with Crippen molar-refractivity contribution >= 4 is 11.7 Å². The Morgan fingerprint density at radius 3 is 2.10 bits per heavy atom. The summed E-state index contributed by atoms with van der Waals surface area (Å²) < 4.78 is 12.2. The van der Waals surface area contributed by atoms with Crippen LogP contribution in [-0.2, 0) is 19.9 Å². The van der Waals surface area contributed by atoms with Gasteiger partial charge in [0.15, 0.2) is 0 Å². The van der Waals surface area contributed by atoms with E-state index in [0.717, 1.165) is 22.4 Å². The molecule has 0 radical (unpaired) electrons. The average molecular weight is 387 g/mol. The Morgan fingerprint density at radius 1 is 0.966 bits per heavy atom. The molecule has 1 N–H and O–H groups in total. The van der Waals surface area contributed by atoms with Crippen molar-refractivity contribution < 1.29 is 14.3 Å². The maximum Gasteiger partial charge on any atom is 0.302 e. The first-order valence-corrected chi connectivity index (χ1v) is 9.92. The van der Waals surface area contributed by atoms with E-state index in [0.29, 0.717) is 6.42 Å². The number of hydrogen-bond acceptors (Lipinski definition) is 4. The molecule has 4 nitrogen and oxygen atoms in total. The molecule has 1 aliphatic rings. The van der Waals surface area contributed by atoms with E-state index < -0.39 is 5.60 Å². The molecule has 0 saturated heterocycles. The molecule has 3 aromatic rings. The number of fused-ring (bicyclic) bond motifs is 1. The lowest BCUT2D eigenvalue weighted by Crippen LogP contribution is -2.45. The second kappa shape index (κ2) is 8.10. The first-order valence-electron chi connectivity index (χ1n) is 9.92. The normalized spacial score (nSPS) is 18.2. The van der Waals surface area contributed by atoms with Crippen molar-refractivity contribution in [3.63, 3.8) is 0 Å². The molecule has 148 valence electrons. The van der Waals surface area contributed by atoms with Gasteiger partial charge >= 0.3 is 5.97 Å². The summed E-state index contributed by atoms with van der Waals surface area (Å²) in [5, 5.41) is 3.48. The van der Waals surface area contributed by atoms with E-state index in [1.165, 1.54) is 6.92 Å². The molecule has 0 bridgehead atoms. The number of ether oxygens (including phenoxy) is 2. The van der Waals surface area contributed by atoms with Gasteiger partial charge in [-0.05, 0) is 24.1 Å². The van der Waals surface area contributed by atoms with Gasteiger partial charge in [0.1, 0.15) is 17.9 Å². The lowest BCUT2D eigenvalue weighted by Gasteiger charge is -2.44. The van der Waals surface area contributed by atoms with Gasteiger partial charge in [0.05, 0.1) is 0 Å². The first kappa shape index (κ1) is 19.2. The fourth-order valence-corrected chi connectivity index (χ4v) is 4.10. The zero-order valence-electron chi connectivity index (χ0n) is 16.7. The second-order valence-electron chi connectivity index (χ2n) is 7.37. The summed E-state index contributed by atoms with van der Waals surface area (Å²) in [5.74, 6) is -0.286. The van der Waals surface area contributed by atoms with Gasteiger partial charge in [0.2, 0.25) is 0 Å². The standard InChI is InChI=1S/C25H25NO3/c1-18(28-19(2)27)17-24-26-23-16-10-9-15-22(23)25(29-24,20-11-5-3-6-12-20)21-13-7-4-8-14-21/h3-16,18,24,26H,17H2,1-2H3/t18-,24-/m0/s1. The van der Waals surface area contributed by atoms with Crippen molar-refractivity contribution in [3.8, 4) is 0 Å². The minimum Gasteiger partial charge on any atom is -0.463 e. The average Bonchev–Trinajstić information content (AvgIpc) is 2.73. The highest BCUT2D eigenvalue weighted by molar-refractivity contribution is 5.66. The van der Waals surface area contributed by atoms with Crippen LogP contribution in [0.1, 0.15) is 37.0 Å². The predicted octanol–water partition coefficient (Wildman–Crippen LogP) is 5.09. The molecule has 1 aliphatic heterocycles. The van der Waals surface area contributed by atoms with E-state index in [-0.39, 0.29) is 18.3 Å². The summed E-state index contributed by atoms with van der Waals surface area (Å²) in [5.41, 5.74) is 3.45. The number of para-hydroxylation sites is 1. The highest BCUT2D eigenvalue weighted by Gasteiger charge is 2.44. The highest BCUT2D eigenvalue weighted by atomic mass is 16.6. The number of carbonyl (C=O) groups excluding carboxylic acids is 1. The summed E-state index contributed by atoms with van der Waals surface area (Å²) >= 11 is 0. The Balaban J connectivity index is 1.85. The lowest BCUT2D eigenvalue weighted by atomic mass is 9.78. The Morgan fingerprint density at radius 2 is 1.52 bits per heavy atom. The smallest absolute Gasteiger partial charge is 0.302 e. The topological polar surface area (TPSA) is 47.6 Å². The molecule has 3 aromatic carbocycles. The number of anilines is 1. The van der Waals surface area contributed by atoms with Crippen molar-refractivity contribution in [2.45, 2.75) is 38.2 Å². The first-order chi connectivity index (χ1) is 14.1. The molecule has 2 atom stereocenters. The Labute approximate surface area is 171 Å². The summed E-state index contributed by atoms with van der Waals surface area (Å²) in [6.07, 6.45) is -0.0471. The van der Waals surface area contributed by atoms with Crippen LogP contribution >= 0.6 is 0 Å². The minimum absolute atomic E-state index is 0.264. The van der Waals surface area contributed by atoms with Crippen LogP contribution in [0.25, 0.3) is 0 Å². The molecule has 4 heteroatoms. The summed E-state index contributed by atoms with van der Waals surface area (Å²) in [6, 6.07) is 28.8. The van der Waals surface area contributed by atoms with Gasteiger partial charge in [-0.1, -0.05) is 78.9 Å². The number of hydrogen-bond donors (Lipinski definition) is 1. The van der Waals surface area contributed by atoms with E-state index in [2.05, 4.69) is 41.7 Å². The monoisotopic (exact) mass is 387 g/mol. The van der Waals surface area contributed by atoms with Crippen LogP contribution in [0.15, 0.2) is 84.9 Å². The largest absolute Gasteiger partial charge is 0.463 e. The molecule has 4 rings (SSSR count). The van der Waals surface area contributed by atoms with Crippen molar-refractivity contribution in [3.05, 3.63) is 102 Å². The van der Waals surface area contributed by atoms with Crippen LogP contribution in [0.2, 0.25) is 0 Å². The molecule has 0 amide bonds. The van der Waals surface area contributed by atoms with Gasteiger partial charge in [0.25, 0.3) is 0 Å². The predicted molar refractivity (Wildman–Crippen MR) is 114 cm³/mol. The second-order valence-corrected chi connectivity index (χ2v) is 7.37. The van der Waals surface area contributed by atoms with Gasteiger partial charge in [-0.3, -0.25) is 4.79 Å². The van der Waals surface area contributed by atoms with Gasteiger partial charge in [-0.15, -0.1) is 0 Å². The summed E-state index contributed by atoms with van der Waals surface area (Å²) in [6.45, 7) is 3.32. The van der Waals surface area contributed by atoms with E-state index in [4.69, 9.17) is 9.47 Å².